The summed E-state index contributed by atoms with van der Waals surface area (Å²) >= 11 is 0. The molecule has 0 radical (unpaired) electrons. The predicted molar refractivity (Wildman–Crippen MR) is 115 cm³/mol. The van der Waals surface area contributed by atoms with Crippen LogP contribution in [0.2, 0.25) is 0 Å². The first-order valence-electron chi connectivity index (χ1n) is 10.7. The Labute approximate surface area is 167 Å². The molecule has 1 saturated carbocycles. The van der Waals surface area contributed by atoms with Crippen molar-refractivity contribution >= 4 is 23.0 Å². The van der Waals surface area contributed by atoms with E-state index in [1.807, 2.05) is 18.2 Å². The van der Waals surface area contributed by atoms with Gasteiger partial charge in [-0.3, -0.25) is 4.79 Å². The van der Waals surface area contributed by atoms with Crippen molar-refractivity contribution in [2.75, 3.05) is 28.6 Å². The van der Waals surface area contributed by atoms with E-state index in [2.05, 4.69) is 32.7 Å². The molecule has 2 aromatic rings. The number of benzene rings is 1. The number of carbonyl (C=O) groups is 1. The molecular weight excluding hydrogens is 348 g/mol. The molecule has 0 bridgehead atoms. The average molecular weight is 379 g/mol. The minimum absolute atomic E-state index is 0.171. The van der Waals surface area contributed by atoms with Crippen molar-refractivity contribution in [1.82, 2.24) is 4.98 Å². The van der Waals surface area contributed by atoms with Crippen LogP contribution in [0.15, 0.2) is 42.6 Å². The number of hydrogen-bond acceptors (Lipinski definition) is 4. The predicted octanol–water partition coefficient (Wildman–Crippen LogP) is 5.07. The summed E-state index contributed by atoms with van der Waals surface area (Å²) < 4.78 is 0. The van der Waals surface area contributed by atoms with Crippen LogP contribution in [0.5, 0.6) is 0 Å². The van der Waals surface area contributed by atoms with Crippen molar-refractivity contribution < 1.29 is 4.79 Å². The summed E-state index contributed by atoms with van der Waals surface area (Å²) in [6.45, 7) is 2.24. The summed E-state index contributed by atoms with van der Waals surface area (Å²) in [6, 6.07) is 12.4. The number of rotatable bonds is 5. The first-order chi connectivity index (χ1) is 13.8. The zero-order chi connectivity index (χ0) is 19.2. The van der Waals surface area contributed by atoms with Crippen LogP contribution in [0.3, 0.4) is 0 Å². The summed E-state index contributed by atoms with van der Waals surface area (Å²) in [5.41, 5.74) is 3.46. The van der Waals surface area contributed by atoms with Crippen LogP contribution in [0.25, 0.3) is 0 Å². The van der Waals surface area contributed by atoms with Gasteiger partial charge in [-0.1, -0.05) is 25.7 Å². The van der Waals surface area contributed by atoms with E-state index in [-0.39, 0.29) is 5.91 Å². The Morgan fingerprint density at radius 2 is 1.54 bits per heavy atom. The lowest BCUT2D eigenvalue weighted by Crippen LogP contribution is -2.19. The van der Waals surface area contributed by atoms with Crippen LogP contribution in [0.1, 0.15) is 61.9 Å². The molecule has 1 aliphatic carbocycles. The smallest absolute Gasteiger partial charge is 0.274 e. The van der Waals surface area contributed by atoms with Crippen molar-refractivity contribution in [3.05, 3.63) is 48.3 Å². The standard InChI is InChI=1S/C23H30N4O/c28-23(26-19-9-12-21(13-10-19)27-15-5-6-16-27)22-14-11-20(17-24-22)25-18-7-3-1-2-4-8-18/h9-14,17-18,25H,1-8,15-16H2,(H,26,28). The van der Waals surface area contributed by atoms with Gasteiger partial charge in [0.15, 0.2) is 0 Å². The Bertz CT molecular complexity index is 758. The second-order valence-electron chi connectivity index (χ2n) is 7.96. The van der Waals surface area contributed by atoms with Crippen molar-refractivity contribution in [3.63, 3.8) is 0 Å². The fourth-order valence-corrected chi connectivity index (χ4v) is 4.20. The number of amides is 1. The number of anilines is 3. The second-order valence-corrected chi connectivity index (χ2v) is 7.96. The van der Waals surface area contributed by atoms with Crippen LogP contribution in [-0.2, 0) is 0 Å². The third-order valence-electron chi connectivity index (χ3n) is 5.82. The van der Waals surface area contributed by atoms with Gasteiger partial charge >= 0.3 is 0 Å². The highest BCUT2D eigenvalue weighted by molar-refractivity contribution is 6.03. The van der Waals surface area contributed by atoms with Gasteiger partial charge in [0.25, 0.3) is 5.91 Å². The Morgan fingerprint density at radius 1 is 0.857 bits per heavy atom. The largest absolute Gasteiger partial charge is 0.381 e. The van der Waals surface area contributed by atoms with Crippen molar-refractivity contribution in [3.8, 4) is 0 Å². The summed E-state index contributed by atoms with van der Waals surface area (Å²) in [7, 11) is 0. The van der Waals surface area contributed by atoms with Crippen LogP contribution >= 0.6 is 0 Å². The monoisotopic (exact) mass is 378 g/mol. The fraction of sp³-hybridized carbons (Fsp3) is 0.478. The first kappa shape index (κ1) is 18.8. The number of carbonyl (C=O) groups excluding carboxylic acids is 1. The molecule has 148 valence electrons. The Balaban J connectivity index is 1.32. The van der Waals surface area contributed by atoms with E-state index in [0.717, 1.165) is 24.5 Å². The molecule has 1 aliphatic heterocycles. The zero-order valence-electron chi connectivity index (χ0n) is 16.5. The molecule has 1 aromatic carbocycles. The molecule has 2 aliphatic rings. The van der Waals surface area contributed by atoms with Crippen molar-refractivity contribution in [2.45, 2.75) is 57.4 Å². The Hall–Kier alpha value is -2.56. The van der Waals surface area contributed by atoms with E-state index in [0.29, 0.717) is 11.7 Å². The summed E-state index contributed by atoms with van der Waals surface area (Å²) in [5.74, 6) is -0.171. The molecule has 0 atom stereocenters. The molecule has 2 N–H and O–H groups in total. The van der Waals surface area contributed by atoms with E-state index in [1.54, 1.807) is 12.3 Å². The first-order valence-corrected chi connectivity index (χ1v) is 10.7. The normalized spacial score (nSPS) is 17.9. The van der Waals surface area contributed by atoms with Gasteiger partial charge in [-0.15, -0.1) is 0 Å². The van der Waals surface area contributed by atoms with Gasteiger partial charge in [-0.2, -0.15) is 0 Å². The Kier molecular flexibility index (Phi) is 6.10. The number of hydrogen-bond donors (Lipinski definition) is 2. The molecule has 0 unspecified atom stereocenters. The second kappa shape index (κ2) is 9.09. The van der Waals surface area contributed by atoms with E-state index in [9.17, 15) is 4.79 Å². The molecule has 1 saturated heterocycles. The molecule has 1 aromatic heterocycles. The van der Waals surface area contributed by atoms with Gasteiger partial charge in [0.05, 0.1) is 11.9 Å². The topological polar surface area (TPSA) is 57.3 Å². The van der Waals surface area contributed by atoms with Crippen LogP contribution in [-0.4, -0.2) is 30.0 Å². The highest BCUT2D eigenvalue weighted by Gasteiger charge is 2.14. The summed E-state index contributed by atoms with van der Waals surface area (Å²) in [6.07, 6.45) is 12.0. The van der Waals surface area contributed by atoms with Gasteiger partial charge in [-0.05, 0) is 62.1 Å². The average Bonchev–Trinajstić information content (AvgIpc) is 3.14. The van der Waals surface area contributed by atoms with Gasteiger partial charge in [0, 0.05) is 30.5 Å². The van der Waals surface area contributed by atoms with Crippen LogP contribution in [0, 0.1) is 0 Å². The third-order valence-corrected chi connectivity index (χ3v) is 5.82. The number of nitrogens with one attached hydrogen (secondary N) is 2. The molecule has 0 spiro atoms. The number of nitrogens with zero attached hydrogens (tertiary/aromatic N) is 2. The number of pyridine rings is 1. The van der Waals surface area contributed by atoms with Crippen molar-refractivity contribution in [2.24, 2.45) is 0 Å². The zero-order valence-corrected chi connectivity index (χ0v) is 16.5. The third kappa shape index (κ3) is 4.83. The lowest BCUT2D eigenvalue weighted by atomic mass is 10.1. The molecule has 28 heavy (non-hydrogen) atoms. The maximum absolute atomic E-state index is 12.5. The van der Waals surface area contributed by atoms with E-state index < -0.39 is 0 Å². The summed E-state index contributed by atoms with van der Waals surface area (Å²) in [5, 5.41) is 6.52. The SMILES string of the molecule is O=C(Nc1ccc(N2CCCC2)cc1)c1ccc(NC2CCCCCC2)cn1. The van der Waals surface area contributed by atoms with E-state index in [4.69, 9.17) is 0 Å². The molecule has 2 fully saturated rings. The van der Waals surface area contributed by atoms with Crippen LogP contribution in [0.4, 0.5) is 17.1 Å². The van der Waals surface area contributed by atoms with Gasteiger partial charge in [0.1, 0.15) is 5.69 Å². The van der Waals surface area contributed by atoms with Gasteiger partial charge < -0.3 is 15.5 Å². The highest BCUT2D eigenvalue weighted by Crippen LogP contribution is 2.23. The minimum Gasteiger partial charge on any atom is -0.381 e. The molecular formula is C23H30N4O. The maximum atomic E-state index is 12.5. The molecule has 5 heteroatoms. The quantitative estimate of drug-likeness (QED) is 0.713. The molecule has 5 nitrogen and oxygen atoms in total. The maximum Gasteiger partial charge on any atom is 0.274 e. The van der Waals surface area contributed by atoms with Crippen molar-refractivity contribution in [1.29, 1.82) is 0 Å². The van der Waals surface area contributed by atoms with Crippen LogP contribution < -0.4 is 15.5 Å². The lowest BCUT2D eigenvalue weighted by molar-refractivity contribution is 0.102. The van der Waals surface area contributed by atoms with E-state index >= 15 is 0 Å². The molecule has 2 heterocycles. The molecule has 4 rings (SSSR count). The van der Waals surface area contributed by atoms with E-state index in [1.165, 1.54) is 57.1 Å². The number of aromatic nitrogens is 1. The minimum atomic E-state index is -0.171. The van der Waals surface area contributed by atoms with Gasteiger partial charge in [0.2, 0.25) is 0 Å². The highest BCUT2D eigenvalue weighted by atomic mass is 16.1. The Morgan fingerprint density at radius 3 is 2.18 bits per heavy atom. The van der Waals surface area contributed by atoms with Gasteiger partial charge in [-0.25, -0.2) is 4.98 Å². The lowest BCUT2D eigenvalue weighted by Gasteiger charge is -2.18. The molecule has 1 amide bonds. The fourth-order valence-electron chi connectivity index (χ4n) is 4.20. The summed E-state index contributed by atoms with van der Waals surface area (Å²) in [4.78, 5) is 19.2.